The van der Waals surface area contributed by atoms with Crippen LogP contribution in [-0.2, 0) is 16.0 Å². The summed E-state index contributed by atoms with van der Waals surface area (Å²) in [4.78, 5) is 21.4. The quantitative estimate of drug-likeness (QED) is 0.499. The molecule has 1 rings (SSSR count). The van der Waals surface area contributed by atoms with Crippen LogP contribution in [0.2, 0.25) is 0 Å². The van der Waals surface area contributed by atoms with Gasteiger partial charge in [0, 0.05) is 0 Å². The zero-order valence-corrected chi connectivity index (χ0v) is 11.7. The normalized spacial score (nSPS) is 11.9. The molecular formula is C14H19NO6. The first-order chi connectivity index (χ1) is 9.93. The van der Waals surface area contributed by atoms with Crippen LogP contribution in [0.1, 0.15) is 18.4 Å². The summed E-state index contributed by atoms with van der Waals surface area (Å²) in [6.07, 6.45) is 0.789. The summed E-state index contributed by atoms with van der Waals surface area (Å²) in [7, 11) is 1.47. The third-order valence-corrected chi connectivity index (χ3v) is 2.95. The first-order valence-corrected chi connectivity index (χ1v) is 6.48. The largest absolute Gasteiger partial charge is 0.504 e. The second kappa shape index (κ2) is 8.11. The number of nitrogens with one attached hydrogen (secondary N) is 1. The number of ether oxygens (including phenoxy) is 1. The molecule has 21 heavy (non-hydrogen) atoms. The number of phenols is 1. The SMILES string of the molecule is COc1ccc(CCCN[C@@H](CC(=O)O)C(=O)O)cc1O. The van der Waals surface area contributed by atoms with E-state index >= 15 is 0 Å². The molecule has 0 aromatic heterocycles. The third kappa shape index (κ3) is 5.70. The van der Waals surface area contributed by atoms with Gasteiger partial charge in [-0.05, 0) is 37.1 Å². The Bertz CT molecular complexity index is 502. The molecule has 0 saturated heterocycles. The number of hydrogen-bond acceptors (Lipinski definition) is 5. The van der Waals surface area contributed by atoms with E-state index < -0.39 is 24.4 Å². The van der Waals surface area contributed by atoms with Crippen molar-refractivity contribution in [3.63, 3.8) is 0 Å². The highest BCUT2D eigenvalue weighted by molar-refractivity contribution is 5.80. The monoisotopic (exact) mass is 297 g/mol. The van der Waals surface area contributed by atoms with Crippen LogP contribution in [0, 0.1) is 0 Å². The summed E-state index contributed by atoms with van der Waals surface area (Å²) in [5, 5.41) is 29.8. The summed E-state index contributed by atoms with van der Waals surface area (Å²) in [5.41, 5.74) is 0.889. The topological polar surface area (TPSA) is 116 Å². The number of aliphatic carboxylic acids is 2. The first-order valence-electron chi connectivity index (χ1n) is 6.48. The van der Waals surface area contributed by atoms with Crippen molar-refractivity contribution in [3.8, 4) is 11.5 Å². The molecule has 0 heterocycles. The molecule has 0 radical (unpaired) electrons. The van der Waals surface area contributed by atoms with Gasteiger partial charge in [-0.25, -0.2) is 0 Å². The molecule has 1 atom stereocenters. The van der Waals surface area contributed by atoms with Gasteiger partial charge in [-0.3, -0.25) is 9.59 Å². The van der Waals surface area contributed by atoms with Gasteiger partial charge in [0.15, 0.2) is 11.5 Å². The Hall–Kier alpha value is -2.28. The Kier molecular flexibility index (Phi) is 6.48. The van der Waals surface area contributed by atoms with Crippen molar-refractivity contribution < 1.29 is 29.6 Å². The number of rotatable bonds is 9. The van der Waals surface area contributed by atoms with E-state index in [0.29, 0.717) is 25.1 Å². The molecule has 0 saturated carbocycles. The van der Waals surface area contributed by atoms with Crippen LogP contribution in [0.3, 0.4) is 0 Å². The first kappa shape index (κ1) is 16.8. The van der Waals surface area contributed by atoms with Crippen LogP contribution < -0.4 is 10.1 Å². The molecule has 0 fully saturated rings. The summed E-state index contributed by atoms with van der Waals surface area (Å²) in [6.45, 7) is 0.372. The smallest absolute Gasteiger partial charge is 0.321 e. The van der Waals surface area contributed by atoms with Gasteiger partial charge in [0.25, 0.3) is 0 Å². The number of aromatic hydroxyl groups is 1. The van der Waals surface area contributed by atoms with E-state index in [4.69, 9.17) is 14.9 Å². The molecule has 0 aliphatic carbocycles. The highest BCUT2D eigenvalue weighted by Crippen LogP contribution is 2.26. The molecule has 0 bridgehead atoms. The number of benzene rings is 1. The minimum absolute atomic E-state index is 0.0530. The molecule has 0 spiro atoms. The minimum atomic E-state index is -1.18. The van der Waals surface area contributed by atoms with Crippen molar-refractivity contribution in [2.24, 2.45) is 0 Å². The number of carboxylic acid groups (broad SMARTS) is 2. The highest BCUT2D eigenvalue weighted by Gasteiger charge is 2.19. The highest BCUT2D eigenvalue weighted by atomic mass is 16.5. The maximum Gasteiger partial charge on any atom is 0.321 e. The number of hydrogen-bond donors (Lipinski definition) is 4. The van der Waals surface area contributed by atoms with E-state index in [2.05, 4.69) is 5.32 Å². The standard InChI is InChI=1S/C14H19NO6/c1-21-12-5-4-9(7-11(12)16)3-2-6-15-10(14(19)20)8-13(17)18/h4-5,7,10,15-16H,2-3,6,8H2,1H3,(H,17,18)(H,19,20)/t10-/m0/s1. The summed E-state index contributed by atoms with van der Waals surface area (Å²) in [5.74, 6) is -1.89. The number of carboxylic acids is 2. The lowest BCUT2D eigenvalue weighted by Gasteiger charge is -2.12. The maximum absolute atomic E-state index is 10.8. The maximum atomic E-state index is 10.8. The molecule has 1 aromatic rings. The molecule has 116 valence electrons. The summed E-state index contributed by atoms with van der Waals surface area (Å²) in [6, 6.07) is 3.96. The van der Waals surface area contributed by atoms with Crippen LogP contribution in [0.4, 0.5) is 0 Å². The van der Waals surface area contributed by atoms with Crippen molar-refractivity contribution in [3.05, 3.63) is 23.8 Å². The second-order valence-corrected chi connectivity index (χ2v) is 4.55. The van der Waals surface area contributed by atoms with Crippen molar-refractivity contribution in [2.45, 2.75) is 25.3 Å². The van der Waals surface area contributed by atoms with E-state index in [0.717, 1.165) is 5.56 Å². The van der Waals surface area contributed by atoms with Gasteiger partial charge in [0.2, 0.25) is 0 Å². The fraction of sp³-hybridized carbons (Fsp3) is 0.429. The van der Waals surface area contributed by atoms with Gasteiger partial charge in [-0.2, -0.15) is 0 Å². The number of phenolic OH excluding ortho intramolecular Hbond substituents is 1. The Balaban J connectivity index is 2.40. The van der Waals surface area contributed by atoms with Crippen LogP contribution in [0.25, 0.3) is 0 Å². The average Bonchev–Trinajstić information content (AvgIpc) is 2.41. The van der Waals surface area contributed by atoms with Gasteiger partial charge in [0.1, 0.15) is 6.04 Å². The molecular weight excluding hydrogens is 278 g/mol. The van der Waals surface area contributed by atoms with Crippen molar-refractivity contribution in [1.29, 1.82) is 0 Å². The molecule has 0 aliphatic heterocycles. The predicted molar refractivity (Wildman–Crippen MR) is 74.7 cm³/mol. The predicted octanol–water partition coefficient (Wildman–Crippen LogP) is 0.851. The Morgan fingerprint density at radius 3 is 2.57 bits per heavy atom. The molecule has 1 aromatic carbocycles. The number of carbonyl (C=O) groups is 2. The number of methoxy groups -OCH3 is 1. The van der Waals surface area contributed by atoms with Crippen molar-refractivity contribution in [1.82, 2.24) is 5.32 Å². The molecule has 0 amide bonds. The van der Waals surface area contributed by atoms with Gasteiger partial charge >= 0.3 is 11.9 Å². The van der Waals surface area contributed by atoms with Gasteiger partial charge in [0.05, 0.1) is 13.5 Å². The Labute approximate surface area is 122 Å². The zero-order valence-electron chi connectivity index (χ0n) is 11.7. The summed E-state index contributed by atoms with van der Waals surface area (Å²) >= 11 is 0. The van der Waals surface area contributed by atoms with Crippen LogP contribution in [0.5, 0.6) is 11.5 Å². The fourth-order valence-electron chi connectivity index (χ4n) is 1.88. The zero-order chi connectivity index (χ0) is 15.8. The molecule has 7 heteroatoms. The molecule has 4 N–H and O–H groups in total. The van der Waals surface area contributed by atoms with Gasteiger partial charge in [-0.1, -0.05) is 6.07 Å². The van der Waals surface area contributed by atoms with E-state index in [9.17, 15) is 14.7 Å². The molecule has 0 unspecified atom stereocenters. The lowest BCUT2D eigenvalue weighted by atomic mass is 10.1. The third-order valence-electron chi connectivity index (χ3n) is 2.95. The van der Waals surface area contributed by atoms with Gasteiger partial charge in [-0.15, -0.1) is 0 Å². The van der Waals surface area contributed by atoms with Gasteiger partial charge < -0.3 is 25.4 Å². The van der Waals surface area contributed by atoms with E-state index in [1.165, 1.54) is 7.11 Å². The van der Waals surface area contributed by atoms with Crippen LogP contribution in [0.15, 0.2) is 18.2 Å². The average molecular weight is 297 g/mol. The lowest BCUT2D eigenvalue weighted by molar-refractivity contribution is -0.145. The lowest BCUT2D eigenvalue weighted by Crippen LogP contribution is -2.39. The Morgan fingerprint density at radius 1 is 1.33 bits per heavy atom. The van der Waals surface area contributed by atoms with Crippen LogP contribution in [-0.4, -0.2) is 47.0 Å². The molecule has 7 nitrogen and oxygen atoms in total. The number of aryl methyl sites for hydroxylation is 1. The Morgan fingerprint density at radius 2 is 2.05 bits per heavy atom. The van der Waals surface area contributed by atoms with E-state index in [1.54, 1.807) is 12.1 Å². The summed E-state index contributed by atoms with van der Waals surface area (Å²) < 4.78 is 4.94. The van der Waals surface area contributed by atoms with Crippen LogP contribution >= 0.6 is 0 Å². The molecule has 0 aliphatic rings. The van der Waals surface area contributed by atoms with Crippen molar-refractivity contribution >= 4 is 11.9 Å². The second-order valence-electron chi connectivity index (χ2n) is 4.55. The minimum Gasteiger partial charge on any atom is -0.504 e. The van der Waals surface area contributed by atoms with E-state index in [-0.39, 0.29) is 5.75 Å². The van der Waals surface area contributed by atoms with Crippen molar-refractivity contribution in [2.75, 3.05) is 13.7 Å². The van der Waals surface area contributed by atoms with E-state index in [1.807, 2.05) is 6.07 Å². The fourth-order valence-corrected chi connectivity index (χ4v) is 1.88.